The maximum Gasteiger partial charge on any atom is 0.261 e. The van der Waals surface area contributed by atoms with Crippen molar-refractivity contribution in [2.24, 2.45) is 11.7 Å². The summed E-state index contributed by atoms with van der Waals surface area (Å²) in [4.78, 5) is 1.92. The average molecular weight is 218 g/mol. The zero-order chi connectivity index (χ0) is 10.9. The van der Waals surface area contributed by atoms with E-state index in [2.05, 4.69) is 0 Å². The topological polar surface area (TPSA) is 29.3 Å². The molecule has 1 saturated carbocycles. The lowest BCUT2D eigenvalue weighted by Gasteiger charge is -2.29. The number of likely N-dealkylation sites (tertiary alicyclic amines) is 1. The van der Waals surface area contributed by atoms with E-state index in [-0.39, 0.29) is 13.0 Å². The summed E-state index contributed by atoms with van der Waals surface area (Å²) < 4.78 is 25.9. The third kappa shape index (κ3) is 3.11. The molecule has 1 heterocycles. The molecule has 88 valence electrons. The van der Waals surface area contributed by atoms with Crippen molar-refractivity contribution in [2.45, 2.75) is 44.1 Å². The number of nitrogens with zero attached hydrogens (tertiary/aromatic N) is 1. The quantitative estimate of drug-likeness (QED) is 0.766. The lowest BCUT2D eigenvalue weighted by Crippen LogP contribution is -2.34. The molecule has 0 radical (unpaired) electrons. The molecule has 0 spiro atoms. The monoisotopic (exact) mass is 218 g/mol. The highest BCUT2D eigenvalue weighted by molar-refractivity contribution is 4.84. The number of hydrogen-bond acceptors (Lipinski definition) is 2. The van der Waals surface area contributed by atoms with Crippen LogP contribution < -0.4 is 5.73 Å². The predicted octanol–water partition coefficient (Wildman–Crippen LogP) is 1.84. The molecule has 2 rings (SSSR count). The summed E-state index contributed by atoms with van der Waals surface area (Å²) in [5.41, 5.74) is 5.81. The van der Waals surface area contributed by atoms with Crippen LogP contribution in [0.25, 0.3) is 0 Å². The van der Waals surface area contributed by atoms with E-state index in [1.807, 2.05) is 4.90 Å². The first kappa shape index (κ1) is 11.3. The molecule has 0 bridgehead atoms. The van der Waals surface area contributed by atoms with Gasteiger partial charge >= 0.3 is 0 Å². The molecule has 0 atom stereocenters. The highest BCUT2D eigenvalue weighted by Gasteiger charge is 2.38. The second-order valence-electron chi connectivity index (χ2n) is 5.12. The van der Waals surface area contributed by atoms with Crippen molar-refractivity contribution in [3.63, 3.8) is 0 Å². The fraction of sp³-hybridized carbons (Fsp3) is 1.00. The van der Waals surface area contributed by atoms with E-state index in [1.54, 1.807) is 0 Å². The SMILES string of the molecule is NC1CCC(CN2CCC(F)(F)C2)CC1. The van der Waals surface area contributed by atoms with Crippen LogP contribution in [0.3, 0.4) is 0 Å². The van der Waals surface area contributed by atoms with E-state index in [9.17, 15) is 8.78 Å². The zero-order valence-electron chi connectivity index (χ0n) is 9.09. The molecule has 4 heteroatoms. The van der Waals surface area contributed by atoms with Gasteiger partial charge in [0.25, 0.3) is 5.92 Å². The third-order valence-corrected chi connectivity index (χ3v) is 3.66. The van der Waals surface area contributed by atoms with Gasteiger partial charge in [0.05, 0.1) is 6.54 Å². The summed E-state index contributed by atoms with van der Waals surface area (Å²) in [5.74, 6) is -1.84. The van der Waals surface area contributed by atoms with Gasteiger partial charge in [-0.3, -0.25) is 4.90 Å². The van der Waals surface area contributed by atoms with Crippen molar-refractivity contribution >= 4 is 0 Å². The molecule has 2 aliphatic rings. The molecule has 0 unspecified atom stereocenters. The minimum Gasteiger partial charge on any atom is -0.328 e. The number of rotatable bonds is 2. The Morgan fingerprint density at radius 3 is 2.40 bits per heavy atom. The van der Waals surface area contributed by atoms with Crippen LogP contribution in [-0.4, -0.2) is 36.5 Å². The molecule has 1 aliphatic heterocycles. The van der Waals surface area contributed by atoms with Crippen molar-refractivity contribution in [3.05, 3.63) is 0 Å². The summed E-state index contributed by atoms with van der Waals surface area (Å²) in [6.07, 6.45) is 4.40. The average Bonchev–Trinajstić information content (AvgIpc) is 2.50. The zero-order valence-corrected chi connectivity index (χ0v) is 9.09. The fourth-order valence-electron chi connectivity index (χ4n) is 2.70. The summed E-state index contributed by atoms with van der Waals surface area (Å²) in [6.45, 7) is 1.38. The minimum atomic E-state index is -2.44. The Balaban J connectivity index is 1.74. The molecule has 0 aromatic heterocycles. The molecule has 1 aliphatic carbocycles. The van der Waals surface area contributed by atoms with Crippen molar-refractivity contribution in [3.8, 4) is 0 Å². The number of nitrogens with two attached hydrogens (primary N) is 1. The van der Waals surface area contributed by atoms with Crippen molar-refractivity contribution in [1.29, 1.82) is 0 Å². The predicted molar refractivity (Wildman–Crippen MR) is 55.9 cm³/mol. The normalized spacial score (nSPS) is 37.0. The van der Waals surface area contributed by atoms with E-state index >= 15 is 0 Å². The second kappa shape index (κ2) is 4.34. The Bertz CT molecular complexity index is 213. The van der Waals surface area contributed by atoms with Gasteiger partial charge in [0.15, 0.2) is 0 Å². The van der Waals surface area contributed by atoms with Crippen LogP contribution >= 0.6 is 0 Å². The number of alkyl halides is 2. The highest BCUT2D eigenvalue weighted by atomic mass is 19.3. The van der Waals surface area contributed by atoms with Gasteiger partial charge in [-0.05, 0) is 31.6 Å². The summed E-state index contributed by atoms with van der Waals surface area (Å²) in [5, 5.41) is 0. The molecule has 0 amide bonds. The van der Waals surface area contributed by atoms with Gasteiger partial charge in [-0.1, -0.05) is 0 Å². The van der Waals surface area contributed by atoms with E-state index in [0.29, 0.717) is 18.5 Å². The lowest BCUT2D eigenvalue weighted by atomic mass is 9.86. The maximum absolute atomic E-state index is 12.9. The Morgan fingerprint density at radius 2 is 1.87 bits per heavy atom. The molecule has 0 aromatic carbocycles. The van der Waals surface area contributed by atoms with Crippen molar-refractivity contribution in [2.75, 3.05) is 19.6 Å². The summed E-state index contributed by atoms with van der Waals surface area (Å²) in [7, 11) is 0. The van der Waals surface area contributed by atoms with Crippen molar-refractivity contribution in [1.82, 2.24) is 4.90 Å². The van der Waals surface area contributed by atoms with Gasteiger partial charge in [0.2, 0.25) is 0 Å². The first-order valence-electron chi connectivity index (χ1n) is 5.91. The molecular weight excluding hydrogens is 198 g/mol. The first-order chi connectivity index (χ1) is 7.05. The Kier molecular flexibility index (Phi) is 3.26. The number of hydrogen-bond donors (Lipinski definition) is 1. The molecule has 2 nitrogen and oxygen atoms in total. The van der Waals surface area contributed by atoms with Crippen molar-refractivity contribution < 1.29 is 8.78 Å². The molecule has 0 aromatic rings. The van der Waals surface area contributed by atoms with E-state index in [1.165, 1.54) is 0 Å². The van der Waals surface area contributed by atoms with Gasteiger partial charge in [-0.2, -0.15) is 0 Å². The van der Waals surface area contributed by atoms with Gasteiger partial charge in [-0.25, -0.2) is 8.78 Å². The van der Waals surface area contributed by atoms with Gasteiger partial charge in [-0.15, -0.1) is 0 Å². The highest BCUT2D eigenvalue weighted by Crippen LogP contribution is 2.30. The Morgan fingerprint density at radius 1 is 1.20 bits per heavy atom. The Labute approximate surface area is 89.8 Å². The summed E-state index contributed by atoms with van der Waals surface area (Å²) in [6, 6.07) is 0.348. The van der Waals surface area contributed by atoms with E-state index in [4.69, 9.17) is 5.73 Å². The van der Waals surface area contributed by atoms with E-state index < -0.39 is 5.92 Å². The van der Waals surface area contributed by atoms with Crippen LogP contribution in [0.5, 0.6) is 0 Å². The van der Waals surface area contributed by atoms with Crippen LogP contribution in [-0.2, 0) is 0 Å². The van der Waals surface area contributed by atoms with Crippen LogP contribution in [0.2, 0.25) is 0 Å². The summed E-state index contributed by atoms with van der Waals surface area (Å²) >= 11 is 0. The fourth-order valence-corrected chi connectivity index (χ4v) is 2.70. The minimum absolute atomic E-state index is 0.0322. The van der Waals surface area contributed by atoms with Gasteiger partial charge in [0, 0.05) is 25.6 Å². The standard InChI is InChI=1S/C11H20F2N2/c12-11(13)5-6-15(8-11)7-9-1-3-10(14)4-2-9/h9-10H,1-8,14H2. The lowest BCUT2D eigenvalue weighted by molar-refractivity contribution is 0.0102. The maximum atomic E-state index is 12.9. The number of halogens is 2. The molecule has 1 saturated heterocycles. The smallest absolute Gasteiger partial charge is 0.261 e. The molecule has 15 heavy (non-hydrogen) atoms. The Hall–Kier alpha value is -0.220. The molecule has 2 fully saturated rings. The van der Waals surface area contributed by atoms with Gasteiger partial charge < -0.3 is 5.73 Å². The van der Waals surface area contributed by atoms with Crippen LogP contribution in [0.15, 0.2) is 0 Å². The van der Waals surface area contributed by atoms with Crippen LogP contribution in [0, 0.1) is 5.92 Å². The van der Waals surface area contributed by atoms with Crippen LogP contribution in [0.1, 0.15) is 32.1 Å². The molecule has 2 N–H and O–H groups in total. The van der Waals surface area contributed by atoms with Crippen LogP contribution in [0.4, 0.5) is 8.78 Å². The first-order valence-corrected chi connectivity index (χ1v) is 5.91. The third-order valence-electron chi connectivity index (χ3n) is 3.66. The molecular formula is C11H20F2N2. The van der Waals surface area contributed by atoms with E-state index in [0.717, 1.165) is 32.2 Å². The van der Waals surface area contributed by atoms with Gasteiger partial charge in [0.1, 0.15) is 0 Å². The largest absolute Gasteiger partial charge is 0.328 e. The second-order valence-corrected chi connectivity index (χ2v) is 5.12.